The molecule has 2 N–H and O–H groups in total. The van der Waals surface area contributed by atoms with Crippen molar-refractivity contribution in [3.8, 4) is 11.5 Å². The van der Waals surface area contributed by atoms with Crippen LogP contribution in [0.25, 0.3) is 0 Å². The summed E-state index contributed by atoms with van der Waals surface area (Å²) in [4.78, 5) is 0. The Bertz CT molecular complexity index is 684. The monoisotopic (exact) mass is 409 g/mol. The molecule has 2 heterocycles. The summed E-state index contributed by atoms with van der Waals surface area (Å²) in [6, 6.07) is 3.99. The molecule has 0 aromatic heterocycles. The van der Waals surface area contributed by atoms with Crippen molar-refractivity contribution in [2.45, 2.75) is 37.5 Å². The standard InChI is InChI=1S/C19H24BrNO4/c1-23-18-10-15(20)13(9-17(18)22)8-16-14-2-4-19(24-6-7-25-19)11-12(14)3-5-21-16/h9-11,14,16,21-22H,2-8H2,1H3. The Hall–Kier alpha value is -1.08. The summed E-state index contributed by atoms with van der Waals surface area (Å²) >= 11 is 3.61. The molecule has 1 aliphatic carbocycles. The number of aromatic hydroxyl groups is 1. The van der Waals surface area contributed by atoms with Crippen molar-refractivity contribution in [2.24, 2.45) is 5.92 Å². The maximum absolute atomic E-state index is 10.1. The van der Waals surface area contributed by atoms with Gasteiger partial charge in [-0.3, -0.25) is 0 Å². The van der Waals surface area contributed by atoms with Crippen LogP contribution in [0.2, 0.25) is 0 Å². The fourth-order valence-corrected chi connectivity index (χ4v) is 4.81. The smallest absolute Gasteiger partial charge is 0.188 e. The number of hydrogen-bond acceptors (Lipinski definition) is 5. The number of ether oxygens (including phenoxy) is 3. The van der Waals surface area contributed by atoms with Gasteiger partial charge in [-0.15, -0.1) is 0 Å². The first kappa shape index (κ1) is 17.3. The fourth-order valence-electron chi connectivity index (χ4n) is 4.32. The van der Waals surface area contributed by atoms with Gasteiger partial charge in [0.2, 0.25) is 0 Å². The van der Waals surface area contributed by atoms with Crippen molar-refractivity contribution in [1.82, 2.24) is 5.32 Å². The van der Waals surface area contributed by atoms with Crippen molar-refractivity contribution in [3.63, 3.8) is 0 Å². The minimum atomic E-state index is -0.466. The summed E-state index contributed by atoms with van der Waals surface area (Å²) < 4.78 is 17.9. The predicted octanol–water partition coefficient (Wildman–Crippen LogP) is 3.15. The van der Waals surface area contributed by atoms with E-state index < -0.39 is 5.79 Å². The molecule has 0 bridgehead atoms. The summed E-state index contributed by atoms with van der Waals surface area (Å²) in [6.07, 6.45) is 6.11. The summed E-state index contributed by atoms with van der Waals surface area (Å²) in [5, 5.41) is 13.8. The first-order valence-corrected chi connectivity index (χ1v) is 9.68. The average molecular weight is 410 g/mol. The van der Waals surface area contributed by atoms with E-state index in [-0.39, 0.29) is 5.75 Å². The van der Waals surface area contributed by atoms with Crippen LogP contribution >= 0.6 is 15.9 Å². The van der Waals surface area contributed by atoms with Crippen LogP contribution in [-0.2, 0) is 15.9 Å². The van der Waals surface area contributed by atoms with Gasteiger partial charge in [0.15, 0.2) is 17.3 Å². The summed E-state index contributed by atoms with van der Waals surface area (Å²) in [5.41, 5.74) is 2.54. The molecule has 5 nitrogen and oxygen atoms in total. The number of fused-ring (bicyclic) bond motifs is 1. The van der Waals surface area contributed by atoms with Gasteiger partial charge in [-0.05, 0) is 55.5 Å². The van der Waals surface area contributed by atoms with Crippen LogP contribution in [0.1, 0.15) is 24.8 Å². The van der Waals surface area contributed by atoms with Crippen LogP contribution in [0.15, 0.2) is 28.3 Å². The van der Waals surface area contributed by atoms with E-state index in [0.29, 0.717) is 30.9 Å². The molecule has 1 aromatic rings. The van der Waals surface area contributed by atoms with Crippen LogP contribution in [0.4, 0.5) is 0 Å². The van der Waals surface area contributed by atoms with Crippen LogP contribution in [0, 0.1) is 5.92 Å². The number of benzene rings is 1. The molecule has 2 unspecified atom stereocenters. The van der Waals surface area contributed by atoms with Crippen LogP contribution in [-0.4, -0.2) is 43.8 Å². The molecule has 3 aliphatic rings. The molecule has 25 heavy (non-hydrogen) atoms. The third-order valence-corrected chi connectivity index (χ3v) is 6.29. The van der Waals surface area contributed by atoms with Crippen molar-refractivity contribution in [2.75, 3.05) is 26.9 Å². The van der Waals surface area contributed by atoms with E-state index in [4.69, 9.17) is 14.2 Å². The highest BCUT2D eigenvalue weighted by atomic mass is 79.9. The van der Waals surface area contributed by atoms with E-state index in [2.05, 4.69) is 27.3 Å². The Morgan fingerprint density at radius 2 is 2.16 bits per heavy atom. The number of phenols is 1. The average Bonchev–Trinajstić information content (AvgIpc) is 3.05. The van der Waals surface area contributed by atoms with Crippen molar-refractivity contribution in [1.29, 1.82) is 0 Å². The highest BCUT2D eigenvalue weighted by molar-refractivity contribution is 9.10. The van der Waals surface area contributed by atoms with Gasteiger partial charge in [0.1, 0.15) is 0 Å². The number of halogens is 1. The highest BCUT2D eigenvalue weighted by Gasteiger charge is 2.42. The van der Waals surface area contributed by atoms with Crippen LogP contribution < -0.4 is 10.1 Å². The largest absolute Gasteiger partial charge is 0.504 e. The Kier molecular flexibility index (Phi) is 4.79. The van der Waals surface area contributed by atoms with Gasteiger partial charge in [-0.25, -0.2) is 0 Å². The Morgan fingerprint density at radius 3 is 2.92 bits per heavy atom. The minimum absolute atomic E-state index is 0.183. The molecule has 0 radical (unpaired) electrons. The van der Waals surface area contributed by atoms with Gasteiger partial charge < -0.3 is 24.6 Å². The molecule has 6 heteroatoms. The van der Waals surface area contributed by atoms with E-state index >= 15 is 0 Å². The predicted molar refractivity (Wildman–Crippen MR) is 97.9 cm³/mol. The minimum Gasteiger partial charge on any atom is -0.504 e. The topological polar surface area (TPSA) is 60.0 Å². The van der Waals surface area contributed by atoms with Gasteiger partial charge in [0.25, 0.3) is 0 Å². The van der Waals surface area contributed by atoms with Gasteiger partial charge in [0.05, 0.1) is 20.3 Å². The molecule has 4 rings (SSSR count). The number of nitrogens with one attached hydrogen (secondary N) is 1. The first-order chi connectivity index (χ1) is 12.1. The lowest BCUT2D eigenvalue weighted by molar-refractivity contribution is -0.130. The Balaban J connectivity index is 1.55. The highest BCUT2D eigenvalue weighted by Crippen LogP contribution is 2.42. The molecule has 2 aliphatic heterocycles. The van der Waals surface area contributed by atoms with E-state index in [1.807, 2.05) is 6.07 Å². The van der Waals surface area contributed by atoms with E-state index in [1.165, 1.54) is 5.57 Å². The summed E-state index contributed by atoms with van der Waals surface area (Å²) in [7, 11) is 1.56. The van der Waals surface area contributed by atoms with Crippen molar-refractivity contribution >= 4 is 15.9 Å². The van der Waals surface area contributed by atoms with Gasteiger partial charge in [-0.2, -0.15) is 0 Å². The molecule has 2 atom stereocenters. The van der Waals surface area contributed by atoms with Gasteiger partial charge in [-0.1, -0.05) is 21.5 Å². The maximum atomic E-state index is 10.1. The fraction of sp³-hybridized carbons (Fsp3) is 0.579. The van der Waals surface area contributed by atoms with Gasteiger partial charge >= 0.3 is 0 Å². The molecule has 1 spiro atoms. The molecule has 2 saturated heterocycles. The molecule has 136 valence electrons. The lowest BCUT2D eigenvalue weighted by atomic mass is 9.75. The van der Waals surface area contributed by atoms with E-state index in [0.717, 1.165) is 42.3 Å². The number of methoxy groups -OCH3 is 1. The zero-order valence-corrected chi connectivity index (χ0v) is 16.0. The summed E-state index contributed by atoms with van der Waals surface area (Å²) in [5.74, 6) is 0.695. The third kappa shape index (κ3) is 3.33. The zero-order valence-electron chi connectivity index (χ0n) is 14.4. The van der Waals surface area contributed by atoms with Crippen molar-refractivity contribution < 1.29 is 19.3 Å². The lowest BCUT2D eigenvalue weighted by Gasteiger charge is -2.41. The number of phenolic OH excluding ortho intramolecular Hbond substituents is 1. The van der Waals surface area contributed by atoms with Crippen LogP contribution in [0.5, 0.6) is 11.5 Å². The molecular formula is C19H24BrNO4. The first-order valence-electron chi connectivity index (χ1n) is 8.88. The van der Waals surface area contributed by atoms with E-state index in [9.17, 15) is 5.11 Å². The molecular weight excluding hydrogens is 386 g/mol. The zero-order chi connectivity index (χ0) is 17.4. The molecule has 2 fully saturated rings. The lowest BCUT2D eigenvalue weighted by Crippen LogP contribution is -2.47. The second-order valence-corrected chi connectivity index (χ2v) is 7.86. The second kappa shape index (κ2) is 6.91. The second-order valence-electron chi connectivity index (χ2n) is 7.00. The molecule has 0 amide bonds. The summed E-state index contributed by atoms with van der Waals surface area (Å²) in [6.45, 7) is 2.34. The molecule has 0 saturated carbocycles. The number of piperidine rings is 1. The number of hydrogen-bond donors (Lipinski definition) is 2. The maximum Gasteiger partial charge on any atom is 0.188 e. The van der Waals surface area contributed by atoms with Crippen molar-refractivity contribution in [3.05, 3.63) is 33.8 Å². The van der Waals surface area contributed by atoms with E-state index in [1.54, 1.807) is 13.2 Å². The normalized spacial score (nSPS) is 27.8. The quantitative estimate of drug-likeness (QED) is 0.750. The number of rotatable bonds is 3. The Labute approximate surface area is 156 Å². The molecule has 1 aromatic carbocycles. The van der Waals surface area contributed by atoms with Gasteiger partial charge in [0, 0.05) is 16.9 Å². The van der Waals surface area contributed by atoms with Crippen LogP contribution in [0.3, 0.4) is 0 Å². The third-order valence-electron chi connectivity index (χ3n) is 5.56. The Morgan fingerprint density at radius 1 is 1.36 bits per heavy atom. The SMILES string of the molecule is COc1cc(Br)c(CC2NCCC3=CC4(CCC32)OCCO4)cc1O.